The van der Waals surface area contributed by atoms with Crippen molar-refractivity contribution in [1.82, 2.24) is 9.62 Å². The van der Waals surface area contributed by atoms with Crippen molar-refractivity contribution in [1.29, 1.82) is 0 Å². The topological polar surface area (TPSA) is 67.9 Å². The second kappa shape index (κ2) is 5.96. The van der Waals surface area contributed by atoms with Crippen LogP contribution in [-0.4, -0.2) is 51.7 Å². The van der Waals surface area contributed by atoms with E-state index in [1.54, 1.807) is 18.2 Å². The molecule has 0 saturated carbocycles. The Morgan fingerprint density at radius 3 is 2.74 bits per heavy atom. The average Bonchev–Trinajstić information content (AvgIpc) is 2.97. The minimum absolute atomic E-state index is 0.00787. The molecule has 2 fully saturated rings. The Labute approximate surface area is 136 Å². The highest BCUT2D eigenvalue weighted by atomic mass is 32.2. The number of nitrogens with one attached hydrogen (secondary N) is 1. The van der Waals surface area contributed by atoms with Crippen LogP contribution in [0.1, 0.15) is 25.7 Å². The first-order valence-electron chi connectivity index (χ1n) is 8.29. The van der Waals surface area contributed by atoms with Crippen LogP contribution in [0.15, 0.2) is 23.1 Å². The number of benzene rings is 1. The molecule has 0 aliphatic carbocycles. The van der Waals surface area contributed by atoms with Gasteiger partial charge in [0.2, 0.25) is 10.0 Å². The Bertz CT molecular complexity index is 691. The van der Waals surface area contributed by atoms with Gasteiger partial charge in [0.1, 0.15) is 13.2 Å². The number of fused-ring (bicyclic) bond motifs is 2. The van der Waals surface area contributed by atoms with Crippen LogP contribution in [0.3, 0.4) is 0 Å². The summed E-state index contributed by atoms with van der Waals surface area (Å²) in [5.41, 5.74) is 0. The zero-order chi connectivity index (χ0) is 15.9. The highest BCUT2D eigenvalue weighted by Gasteiger charge is 2.37. The van der Waals surface area contributed by atoms with E-state index < -0.39 is 10.0 Å². The van der Waals surface area contributed by atoms with Crippen molar-refractivity contribution in [3.63, 3.8) is 0 Å². The molecule has 1 N–H and O–H groups in total. The number of sulfonamides is 1. The molecule has 7 heteroatoms. The van der Waals surface area contributed by atoms with Crippen LogP contribution in [0.4, 0.5) is 0 Å². The first-order chi connectivity index (χ1) is 11.1. The van der Waals surface area contributed by atoms with E-state index in [0.29, 0.717) is 30.8 Å². The van der Waals surface area contributed by atoms with Gasteiger partial charge in [0.05, 0.1) is 4.90 Å². The third-order valence-corrected chi connectivity index (χ3v) is 6.47. The summed E-state index contributed by atoms with van der Waals surface area (Å²) in [4.78, 5) is 2.66. The minimum atomic E-state index is -3.54. The molecule has 23 heavy (non-hydrogen) atoms. The van der Waals surface area contributed by atoms with E-state index in [1.165, 1.54) is 12.8 Å². The van der Waals surface area contributed by atoms with Crippen molar-refractivity contribution >= 4 is 10.0 Å². The molecule has 1 aromatic carbocycles. The largest absolute Gasteiger partial charge is 0.486 e. The Kier molecular flexibility index (Phi) is 3.95. The number of hydrogen-bond donors (Lipinski definition) is 1. The predicted octanol–water partition coefficient (Wildman–Crippen LogP) is 1.36. The van der Waals surface area contributed by atoms with Crippen molar-refractivity contribution in [2.24, 2.45) is 0 Å². The second-order valence-corrected chi connectivity index (χ2v) is 8.13. The molecule has 0 aromatic heterocycles. The van der Waals surface area contributed by atoms with E-state index in [2.05, 4.69) is 9.62 Å². The molecular weight excluding hydrogens is 316 g/mol. The fourth-order valence-corrected chi connectivity index (χ4v) is 5.16. The van der Waals surface area contributed by atoms with Crippen LogP contribution in [-0.2, 0) is 10.0 Å². The first kappa shape index (κ1) is 15.2. The van der Waals surface area contributed by atoms with Crippen molar-refractivity contribution in [2.75, 3.05) is 26.3 Å². The van der Waals surface area contributed by atoms with Crippen molar-refractivity contribution in [2.45, 2.75) is 42.7 Å². The maximum Gasteiger partial charge on any atom is 0.241 e. The van der Waals surface area contributed by atoms with Gasteiger partial charge in [-0.05, 0) is 37.9 Å². The molecule has 3 aliphatic rings. The van der Waals surface area contributed by atoms with E-state index in [4.69, 9.17) is 9.47 Å². The molecule has 0 spiro atoms. The Balaban J connectivity index is 1.54. The van der Waals surface area contributed by atoms with E-state index in [1.807, 2.05) is 0 Å². The number of nitrogens with zero attached hydrogens (tertiary/aromatic N) is 1. The number of hydrogen-bond acceptors (Lipinski definition) is 5. The van der Waals surface area contributed by atoms with Crippen LogP contribution in [0.2, 0.25) is 0 Å². The molecule has 6 nitrogen and oxygen atoms in total. The molecule has 1 aromatic rings. The Hall–Kier alpha value is -1.31. The van der Waals surface area contributed by atoms with E-state index in [-0.39, 0.29) is 10.9 Å². The summed E-state index contributed by atoms with van der Waals surface area (Å²) in [7, 11) is -3.54. The fourth-order valence-electron chi connectivity index (χ4n) is 3.84. The minimum Gasteiger partial charge on any atom is -0.486 e. The molecule has 0 amide bonds. The molecule has 0 unspecified atom stereocenters. The van der Waals surface area contributed by atoms with Gasteiger partial charge < -0.3 is 9.47 Å². The van der Waals surface area contributed by atoms with Crippen LogP contribution < -0.4 is 14.2 Å². The summed E-state index contributed by atoms with van der Waals surface area (Å²) in [6.07, 6.45) is 4.37. The fraction of sp³-hybridized carbons (Fsp3) is 0.625. The summed E-state index contributed by atoms with van der Waals surface area (Å²) < 4.78 is 39.3. The predicted molar refractivity (Wildman–Crippen MR) is 85.4 cm³/mol. The standard InChI is InChI=1S/C16H22N2O4S/c19-23(20,12-4-5-15-16(11-12)22-10-9-21-15)17-13-6-8-18-7-2-1-3-14(13)18/h4-5,11,13-14,17H,1-3,6-10H2/t13-,14+/m0/s1. The maximum absolute atomic E-state index is 12.7. The number of rotatable bonds is 3. The molecule has 3 heterocycles. The van der Waals surface area contributed by atoms with Crippen molar-refractivity contribution in [3.05, 3.63) is 18.2 Å². The van der Waals surface area contributed by atoms with E-state index in [9.17, 15) is 8.42 Å². The third kappa shape index (κ3) is 2.93. The quantitative estimate of drug-likeness (QED) is 0.901. The number of piperidine rings is 1. The van der Waals surface area contributed by atoms with Gasteiger partial charge >= 0.3 is 0 Å². The monoisotopic (exact) mass is 338 g/mol. The van der Waals surface area contributed by atoms with Gasteiger partial charge in [0.25, 0.3) is 0 Å². The molecule has 0 radical (unpaired) electrons. The summed E-state index contributed by atoms with van der Waals surface area (Å²) in [5.74, 6) is 1.11. The van der Waals surface area contributed by atoms with Crippen LogP contribution in [0.5, 0.6) is 11.5 Å². The lowest BCUT2D eigenvalue weighted by atomic mass is 10.00. The lowest BCUT2D eigenvalue weighted by Gasteiger charge is -2.32. The van der Waals surface area contributed by atoms with Crippen molar-refractivity contribution in [3.8, 4) is 11.5 Å². The Morgan fingerprint density at radius 1 is 1.04 bits per heavy atom. The lowest BCUT2D eigenvalue weighted by Crippen LogP contribution is -2.46. The van der Waals surface area contributed by atoms with E-state index >= 15 is 0 Å². The molecule has 0 bridgehead atoms. The number of ether oxygens (including phenoxy) is 2. The zero-order valence-electron chi connectivity index (χ0n) is 13.0. The van der Waals surface area contributed by atoms with Gasteiger partial charge in [0, 0.05) is 24.7 Å². The van der Waals surface area contributed by atoms with Gasteiger partial charge in [-0.3, -0.25) is 4.90 Å². The van der Waals surface area contributed by atoms with Gasteiger partial charge in [-0.25, -0.2) is 13.1 Å². The first-order valence-corrected chi connectivity index (χ1v) is 9.78. The molecule has 4 rings (SSSR count). The van der Waals surface area contributed by atoms with Crippen LogP contribution >= 0.6 is 0 Å². The summed E-state index contributed by atoms with van der Waals surface area (Å²) in [6.45, 7) is 3.02. The summed E-state index contributed by atoms with van der Waals surface area (Å²) >= 11 is 0. The zero-order valence-corrected chi connectivity index (χ0v) is 13.8. The van der Waals surface area contributed by atoms with Gasteiger partial charge in [0.15, 0.2) is 11.5 Å². The molecule has 2 atom stereocenters. The van der Waals surface area contributed by atoms with Gasteiger partial charge in [-0.2, -0.15) is 0 Å². The summed E-state index contributed by atoms with van der Waals surface area (Å²) in [6, 6.07) is 5.17. The smallest absolute Gasteiger partial charge is 0.241 e. The highest BCUT2D eigenvalue weighted by Crippen LogP contribution is 2.33. The summed E-state index contributed by atoms with van der Waals surface area (Å²) in [5, 5.41) is 0. The molecule has 3 aliphatic heterocycles. The molecular formula is C16H22N2O4S. The van der Waals surface area contributed by atoms with Crippen LogP contribution in [0.25, 0.3) is 0 Å². The maximum atomic E-state index is 12.7. The third-order valence-electron chi connectivity index (χ3n) is 4.99. The second-order valence-electron chi connectivity index (χ2n) is 6.42. The van der Waals surface area contributed by atoms with Gasteiger partial charge in [-0.1, -0.05) is 6.42 Å². The van der Waals surface area contributed by atoms with Gasteiger partial charge in [-0.15, -0.1) is 0 Å². The van der Waals surface area contributed by atoms with Crippen LogP contribution in [0, 0.1) is 0 Å². The molecule has 2 saturated heterocycles. The SMILES string of the molecule is O=S(=O)(N[C@H]1CCN2CCCC[C@H]12)c1ccc2c(c1)OCCO2. The Morgan fingerprint density at radius 2 is 1.87 bits per heavy atom. The average molecular weight is 338 g/mol. The molecule has 126 valence electrons. The van der Waals surface area contributed by atoms with E-state index in [0.717, 1.165) is 25.9 Å². The highest BCUT2D eigenvalue weighted by molar-refractivity contribution is 7.89. The lowest BCUT2D eigenvalue weighted by molar-refractivity contribution is 0.171. The normalized spacial score (nSPS) is 27.7. The van der Waals surface area contributed by atoms with Crippen molar-refractivity contribution < 1.29 is 17.9 Å².